The maximum absolute atomic E-state index is 12.3. The number of amides is 2. The van der Waals surface area contributed by atoms with Crippen molar-refractivity contribution in [2.24, 2.45) is 0 Å². The molecule has 1 heterocycles. The quantitative estimate of drug-likeness (QED) is 0.718. The number of carbonyl (C=O) groups excluding carboxylic acids is 2. The van der Waals surface area contributed by atoms with Gasteiger partial charge in [-0.1, -0.05) is 47.6 Å². The van der Waals surface area contributed by atoms with Crippen LogP contribution >= 0.6 is 0 Å². The number of hydrogen-bond acceptors (Lipinski definition) is 4. The van der Waals surface area contributed by atoms with Gasteiger partial charge in [0, 0.05) is 19.2 Å². The van der Waals surface area contributed by atoms with Crippen LogP contribution in [-0.2, 0) is 9.59 Å². The van der Waals surface area contributed by atoms with Crippen LogP contribution in [0.25, 0.3) is 16.8 Å². The maximum Gasteiger partial charge on any atom is 0.246 e. The zero-order valence-electron chi connectivity index (χ0n) is 14.6. The third-order valence-electron chi connectivity index (χ3n) is 3.88. The molecule has 0 fully saturated rings. The molecule has 3 aromatic rings. The number of likely N-dealkylation sites (N-methyl/N-ethyl adjacent to an activating group) is 1. The van der Waals surface area contributed by atoms with Crippen LogP contribution in [-0.4, -0.2) is 35.5 Å². The summed E-state index contributed by atoms with van der Waals surface area (Å²) in [5.74, 6) is 0.333. The van der Waals surface area contributed by atoms with Crippen molar-refractivity contribution in [2.75, 3.05) is 18.9 Å². The molecular formula is C20H19N3O3. The van der Waals surface area contributed by atoms with Crippen molar-refractivity contribution >= 4 is 34.5 Å². The van der Waals surface area contributed by atoms with Crippen LogP contribution in [0.15, 0.2) is 59.1 Å². The van der Waals surface area contributed by atoms with Crippen LogP contribution in [0.3, 0.4) is 0 Å². The van der Waals surface area contributed by atoms with Gasteiger partial charge in [0.1, 0.15) is 5.76 Å². The normalized spacial score (nSPS) is 11.0. The lowest BCUT2D eigenvalue weighted by atomic mass is 10.0. The number of anilines is 1. The Balaban J connectivity index is 1.63. The molecule has 3 rings (SSSR count). The Bertz CT molecular complexity index is 970. The molecule has 0 unspecified atom stereocenters. The van der Waals surface area contributed by atoms with Gasteiger partial charge < -0.3 is 14.7 Å². The van der Waals surface area contributed by atoms with E-state index in [1.54, 1.807) is 26.1 Å². The van der Waals surface area contributed by atoms with E-state index in [0.717, 1.165) is 16.3 Å². The molecule has 6 nitrogen and oxygen atoms in total. The molecule has 0 spiro atoms. The van der Waals surface area contributed by atoms with E-state index < -0.39 is 0 Å². The van der Waals surface area contributed by atoms with Gasteiger partial charge in [-0.3, -0.25) is 9.59 Å². The Hall–Kier alpha value is -3.41. The number of fused-ring (bicyclic) bond motifs is 1. The topological polar surface area (TPSA) is 75.4 Å². The molecular weight excluding hydrogens is 330 g/mol. The van der Waals surface area contributed by atoms with Crippen molar-refractivity contribution in [1.29, 1.82) is 0 Å². The SMILES string of the molecule is Cc1cc(NC(=O)CN(C)C(=O)/C=C/c2cccc3ccccc23)no1. The molecule has 1 N–H and O–H groups in total. The van der Waals surface area contributed by atoms with Crippen LogP contribution < -0.4 is 5.32 Å². The first-order chi connectivity index (χ1) is 12.5. The van der Waals surface area contributed by atoms with E-state index in [-0.39, 0.29) is 18.4 Å². The van der Waals surface area contributed by atoms with E-state index in [9.17, 15) is 9.59 Å². The van der Waals surface area contributed by atoms with Crippen molar-refractivity contribution in [3.8, 4) is 0 Å². The lowest BCUT2D eigenvalue weighted by molar-refractivity contribution is -0.129. The fraction of sp³-hybridized carbons (Fsp3) is 0.150. The maximum atomic E-state index is 12.3. The monoisotopic (exact) mass is 349 g/mol. The second kappa shape index (κ2) is 7.65. The number of aromatic nitrogens is 1. The molecule has 0 bridgehead atoms. The minimum absolute atomic E-state index is 0.0788. The van der Waals surface area contributed by atoms with Gasteiger partial charge >= 0.3 is 0 Å². The molecule has 0 atom stereocenters. The summed E-state index contributed by atoms with van der Waals surface area (Å²) >= 11 is 0. The summed E-state index contributed by atoms with van der Waals surface area (Å²) in [7, 11) is 1.57. The van der Waals surface area contributed by atoms with Gasteiger partial charge in [-0.25, -0.2) is 0 Å². The predicted molar refractivity (Wildman–Crippen MR) is 100 cm³/mol. The van der Waals surface area contributed by atoms with Crippen LogP contribution in [0.1, 0.15) is 11.3 Å². The highest BCUT2D eigenvalue weighted by Crippen LogP contribution is 2.19. The Labute approximate surface area is 151 Å². The molecule has 2 aromatic carbocycles. The zero-order chi connectivity index (χ0) is 18.5. The lowest BCUT2D eigenvalue weighted by Crippen LogP contribution is -2.33. The molecule has 0 aliphatic carbocycles. The average Bonchev–Trinajstić information content (AvgIpc) is 3.04. The highest BCUT2D eigenvalue weighted by Gasteiger charge is 2.12. The van der Waals surface area contributed by atoms with E-state index in [2.05, 4.69) is 10.5 Å². The second-order valence-corrected chi connectivity index (χ2v) is 5.97. The van der Waals surface area contributed by atoms with Crippen molar-refractivity contribution in [3.63, 3.8) is 0 Å². The molecule has 0 aliphatic rings. The first-order valence-electron chi connectivity index (χ1n) is 8.17. The standard InChI is InChI=1S/C20H19N3O3/c1-14-12-18(22-26-14)21-19(24)13-23(2)20(25)11-10-16-8-5-7-15-6-3-4-9-17(15)16/h3-12H,13H2,1-2H3,(H,21,22,24)/b11-10+. The molecule has 2 amide bonds. The fourth-order valence-corrected chi connectivity index (χ4v) is 2.59. The Morgan fingerprint density at radius 2 is 1.96 bits per heavy atom. The summed E-state index contributed by atoms with van der Waals surface area (Å²) in [6, 6.07) is 15.5. The molecule has 0 aliphatic heterocycles. The summed E-state index contributed by atoms with van der Waals surface area (Å²) in [5.41, 5.74) is 0.951. The van der Waals surface area contributed by atoms with Crippen molar-refractivity contribution in [3.05, 3.63) is 65.9 Å². The molecule has 6 heteroatoms. The van der Waals surface area contributed by atoms with Gasteiger partial charge in [0.15, 0.2) is 5.82 Å². The summed E-state index contributed by atoms with van der Waals surface area (Å²) in [5, 5.41) is 8.45. The molecule has 1 aromatic heterocycles. The van der Waals surface area contributed by atoms with Crippen molar-refractivity contribution < 1.29 is 14.1 Å². The zero-order valence-corrected chi connectivity index (χ0v) is 14.6. The smallest absolute Gasteiger partial charge is 0.246 e. The van der Waals surface area contributed by atoms with E-state index >= 15 is 0 Å². The third kappa shape index (κ3) is 4.16. The second-order valence-electron chi connectivity index (χ2n) is 5.97. The highest BCUT2D eigenvalue weighted by atomic mass is 16.5. The third-order valence-corrected chi connectivity index (χ3v) is 3.88. The minimum atomic E-state index is -0.340. The fourth-order valence-electron chi connectivity index (χ4n) is 2.59. The van der Waals surface area contributed by atoms with E-state index in [0.29, 0.717) is 11.6 Å². The van der Waals surface area contributed by atoms with Crippen LogP contribution in [0.4, 0.5) is 5.82 Å². The van der Waals surface area contributed by atoms with Crippen molar-refractivity contribution in [2.45, 2.75) is 6.92 Å². The van der Waals surface area contributed by atoms with E-state index in [4.69, 9.17) is 4.52 Å². The number of nitrogens with one attached hydrogen (secondary N) is 1. The Kier molecular flexibility index (Phi) is 5.12. The molecule has 0 radical (unpaired) electrons. The van der Waals surface area contributed by atoms with Crippen LogP contribution in [0.5, 0.6) is 0 Å². The number of benzene rings is 2. The van der Waals surface area contributed by atoms with E-state index in [1.165, 1.54) is 11.0 Å². The number of carbonyl (C=O) groups is 2. The van der Waals surface area contributed by atoms with Gasteiger partial charge in [0.25, 0.3) is 0 Å². The summed E-state index contributed by atoms with van der Waals surface area (Å²) in [4.78, 5) is 25.6. The highest BCUT2D eigenvalue weighted by molar-refractivity contribution is 5.99. The first-order valence-corrected chi connectivity index (χ1v) is 8.17. The molecule has 0 saturated heterocycles. The number of nitrogens with zero attached hydrogens (tertiary/aromatic N) is 2. The molecule has 0 saturated carbocycles. The van der Waals surface area contributed by atoms with Gasteiger partial charge in [0.2, 0.25) is 11.8 Å². The summed E-state index contributed by atoms with van der Waals surface area (Å²) < 4.78 is 4.88. The average molecular weight is 349 g/mol. The van der Waals surface area contributed by atoms with Gasteiger partial charge in [-0.2, -0.15) is 0 Å². The van der Waals surface area contributed by atoms with Gasteiger partial charge in [0.05, 0.1) is 6.54 Å². The summed E-state index contributed by atoms with van der Waals surface area (Å²) in [6.45, 7) is 1.65. The number of aryl methyl sites for hydroxylation is 1. The van der Waals surface area contributed by atoms with Gasteiger partial charge in [-0.05, 0) is 29.3 Å². The number of rotatable bonds is 5. The van der Waals surface area contributed by atoms with E-state index in [1.807, 2.05) is 42.5 Å². The van der Waals surface area contributed by atoms with Crippen LogP contribution in [0.2, 0.25) is 0 Å². The number of hydrogen-bond donors (Lipinski definition) is 1. The molecule has 26 heavy (non-hydrogen) atoms. The lowest BCUT2D eigenvalue weighted by Gasteiger charge is -2.14. The largest absolute Gasteiger partial charge is 0.360 e. The Morgan fingerprint density at radius 1 is 1.19 bits per heavy atom. The minimum Gasteiger partial charge on any atom is -0.360 e. The predicted octanol–water partition coefficient (Wildman–Crippen LogP) is 3.25. The summed E-state index contributed by atoms with van der Waals surface area (Å²) in [6.07, 6.45) is 3.23. The first kappa shape index (κ1) is 17.4. The van der Waals surface area contributed by atoms with Crippen molar-refractivity contribution in [1.82, 2.24) is 10.1 Å². The molecule has 132 valence electrons. The van der Waals surface area contributed by atoms with Crippen LogP contribution in [0, 0.1) is 6.92 Å². The van der Waals surface area contributed by atoms with Gasteiger partial charge in [-0.15, -0.1) is 0 Å². The Morgan fingerprint density at radius 3 is 2.73 bits per heavy atom.